The second-order valence-corrected chi connectivity index (χ2v) is 11.6. The van der Waals surface area contributed by atoms with E-state index in [1.165, 1.54) is 43.3 Å². The van der Waals surface area contributed by atoms with Crippen molar-refractivity contribution in [1.29, 1.82) is 0 Å². The molecule has 1 saturated carbocycles. The molecule has 3 fully saturated rings. The topological polar surface area (TPSA) is 68.5 Å². The van der Waals surface area contributed by atoms with Crippen LogP contribution >= 0.6 is 0 Å². The van der Waals surface area contributed by atoms with Crippen LogP contribution in [0.2, 0.25) is 0 Å². The van der Waals surface area contributed by atoms with Gasteiger partial charge >= 0.3 is 0 Å². The molecule has 0 radical (unpaired) electrons. The number of hydrogen-bond donors (Lipinski definition) is 0. The molecule has 4 heterocycles. The zero-order valence-electron chi connectivity index (χ0n) is 23.9. The van der Waals surface area contributed by atoms with Gasteiger partial charge in [-0.15, -0.1) is 0 Å². The van der Waals surface area contributed by atoms with Crippen LogP contribution in [0.1, 0.15) is 69.4 Å². The lowest BCUT2D eigenvalue weighted by Crippen LogP contribution is -2.37. The Balaban J connectivity index is 1.11. The van der Waals surface area contributed by atoms with E-state index in [9.17, 15) is 8.78 Å². The molecule has 3 aliphatic rings. The smallest absolute Gasteiger partial charge is 0.296 e. The summed E-state index contributed by atoms with van der Waals surface area (Å²) in [5.74, 6) is 2.31. The van der Waals surface area contributed by atoms with Crippen molar-refractivity contribution < 1.29 is 18.3 Å². The van der Waals surface area contributed by atoms with Gasteiger partial charge in [0.1, 0.15) is 17.5 Å². The molecular weight excluding hydrogens is 526 g/mol. The summed E-state index contributed by atoms with van der Waals surface area (Å²) in [6, 6.07) is 9.05. The minimum atomic E-state index is -2.72. The van der Waals surface area contributed by atoms with Crippen LogP contribution in [0.5, 0.6) is 0 Å². The van der Waals surface area contributed by atoms with Crippen LogP contribution in [0.3, 0.4) is 0 Å². The zero-order valence-corrected chi connectivity index (χ0v) is 23.9. The number of para-hydroxylation sites is 2. The van der Waals surface area contributed by atoms with E-state index in [1.807, 2.05) is 24.3 Å². The third kappa shape index (κ3) is 7.04. The van der Waals surface area contributed by atoms with Crippen LogP contribution in [0.4, 0.5) is 14.6 Å². The normalized spacial score (nSPS) is 22.3. The van der Waals surface area contributed by atoms with Crippen molar-refractivity contribution in [2.75, 3.05) is 57.4 Å². The van der Waals surface area contributed by atoms with Crippen LogP contribution < -0.4 is 4.90 Å². The van der Waals surface area contributed by atoms with Crippen LogP contribution in [0.25, 0.3) is 16.9 Å². The molecule has 3 aromatic rings. The van der Waals surface area contributed by atoms with Crippen molar-refractivity contribution in [3.05, 3.63) is 42.0 Å². The second-order valence-electron chi connectivity index (χ2n) is 11.6. The Hall–Kier alpha value is -2.69. The average molecular weight is 569 g/mol. The zero-order chi connectivity index (χ0) is 28.0. The van der Waals surface area contributed by atoms with E-state index in [4.69, 9.17) is 19.4 Å². The number of rotatable bonds is 11. The van der Waals surface area contributed by atoms with Gasteiger partial charge in [-0.2, -0.15) is 0 Å². The fraction of sp³-hybridized carbons (Fsp3) is 0.645. The van der Waals surface area contributed by atoms with Gasteiger partial charge in [-0.3, -0.25) is 4.57 Å². The Morgan fingerprint density at radius 3 is 2.46 bits per heavy atom. The molecule has 8 nitrogen and oxygen atoms in total. The first-order valence-electron chi connectivity index (χ1n) is 15.4. The van der Waals surface area contributed by atoms with Gasteiger partial charge in [-0.05, 0) is 76.1 Å². The molecule has 1 aromatic carbocycles. The molecule has 2 aliphatic heterocycles. The molecule has 0 bridgehead atoms. The van der Waals surface area contributed by atoms with Gasteiger partial charge in [0, 0.05) is 32.1 Å². The van der Waals surface area contributed by atoms with Gasteiger partial charge in [-0.1, -0.05) is 18.6 Å². The van der Waals surface area contributed by atoms with E-state index < -0.39 is 6.43 Å². The number of halogens is 2. The van der Waals surface area contributed by atoms with E-state index in [1.54, 1.807) is 6.07 Å². The van der Waals surface area contributed by atoms with Gasteiger partial charge in [-0.25, -0.2) is 23.7 Å². The van der Waals surface area contributed by atoms with E-state index in [0.29, 0.717) is 67.4 Å². The maximum atomic E-state index is 14.1. The monoisotopic (exact) mass is 568 g/mol. The SMILES string of the molecule is FC(F)c1nc2ccccc2n1-c1cc(N2CCOCC2)nc(CCCC2CCC(OCCN3CCCC3)CC2)n1. The van der Waals surface area contributed by atoms with Gasteiger partial charge in [0.25, 0.3) is 6.43 Å². The molecular formula is C31H42F2N6O2. The predicted molar refractivity (Wildman–Crippen MR) is 155 cm³/mol. The van der Waals surface area contributed by atoms with Crippen molar-refractivity contribution in [3.8, 4) is 5.82 Å². The number of benzene rings is 1. The van der Waals surface area contributed by atoms with Gasteiger partial charge in [0.05, 0.1) is 37.0 Å². The highest BCUT2D eigenvalue weighted by molar-refractivity contribution is 5.78. The number of aryl methyl sites for hydroxylation is 1. The molecule has 0 N–H and O–H groups in total. The molecule has 10 heteroatoms. The molecule has 6 rings (SSSR count). The van der Waals surface area contributed by atoms with Gasteiger partial charge in [0.2, 0.25) is 0 Å². The van der Waals surface area contributed by atoms with Gasteiger partial charge in [0.15, 0.2) is 5.82 Å². The molecule has 0 amide bonds. The highest BCUT2D eigenvalue weighted by Crippen LogP contribution is 2.31. The Bertz CT molecular complexity index is 1270. The number of likely N-dealkylation sites (tertiary alicyclic amines) is 1. The quantitative estimate of drug-likeness (QED) is 0.299. The Morgan fingerprint density at radius 1 is 0.927 bits per heavy atom. The summed E-state index contributed by atoms with van der Waals surface area (Å²) >= 11 is 0. The Kier molecular flexibility index (Phi) is 9.38. The average Bonchev–Trinajstić information content (AvgIpc) is 3.67. The maximum absolute atomic E-state index is 14.1. The van der Waals surface area contributed by atoms with Crippen molar-refractivity contribution in [3.63, 3.8) is 0 Å². The van der Waals surface area contributed by atoms with Crippen molar-refractivity contribution in [2.24, 2.45) is 5.92 Å². The molecule has 2 saturated heterocycles. The number of morpholine rings is 1. The Morgan fingerprint density at radius 2 is 1.68 bits per heavy atom. The molecule has 1 aliphatic carbocycles. The van der Waals surface area contributed by atoms with Crippen LogP contribution in [0, 0.1) is 5.92 Å². The summed E-state index contributed by atoms with van der Waals surface area (Å²) in [6.07, 6.45) is 7.84. The summed E-state index contributed by atoms with van der Waals surface area (Å²) in [6.45, 7) is 7.04. The van der Waals surface area contributed by atoms with E-state index in [-0.39, 0.29) is 5.82 Å². The number of alkyl halides is 2. The lowest BCUT2D eigenvalue weighted by atomic mass is 9.84. The van der Waals surface area contributed by atoms with E-state index in [0.717, 1.165) is 44.7 Å². The standard InChI is InChI=1S/C31H42F2N6O2/c32-30(33)31-34-25-7-1-2-8-26(25)39(31)29-22-28(38-17-19-40-20-18-38)35-27(36-29)9-5-6-23-10-12-24(13-11-23)41-21-16-37-14-3-4-15-37/h1-2,7-8,22-24,30H,3-6,9-21H2. The fourth-order valence-electron chi connectivity index (χ4n) is 6.57. The highest BCUT2D eigenvalue weighted by atomic mass is 19.3. The molecule has 0 unspecified atom stereocenters. The first-order valence-corrected chi connectivity index (χ1v) is 15.4. The third-order valence-corrected chi connectivity index (χ3v) is 8.86. The van der Waals surface area contributed by atoms with E-state index >= 15 is 0 Å². The number of hydrogen-bond acceptors (Lipinski definition) is 7. The molecule has 0 atom stereocenters. The highest BCUT2D eigenvalue weighted by Gasteiger charge is 2.25. The largest absolute Gasteiger partial charge is 0.378 e. The fourth-order valence-corrected chi connectivity index (χ4v) is 6.57. The summed E-state index contributed by atoms with van der Waals surface area (Å²) in [7, 11) is 0. The van der Waals surface area contributed by atoms with Crippen LogP contribution in [-0.2, 0) is 15.9 Å². The summed E-state index contributed by atoms with van der Waals surface area (Å²) in [5.41, 5.74) is 1.16. The number of nitrogens with zero attached hydrogens (tertiary/aromatic N) is 6. The lowest BCUT2D eigenvalue weighted by Gasteiger charge is -2.29. The summed E-state index contributed by atoms with van der Waals surface area (Å²) in [4.78, 5) is 18.6. The molecule has 2 aromatic heterocycles. The van der Waals surface area contributed by atoms with Crippen molar-refractivity contribution in [2.45, 2.75) is 70.3 Å². The van der Waals surface area contributed by atoms with E-state index in [2.05, 4.69) is 14.8 Å². The third-order valence-electron chi connectivity index (χ3n) is 8.86. The van der Waals surface area contributed by atoms with Crippen LogP contribution in [0.15, 0.2) is 30.3 Å². The predicted octanol–water partition coefficient (Wildman–Crippen LogP) is 5.58. The first-order chi connectivity index (χ1) is 20.1. The maximum Gasteiger partial charge on any atom is 0.296 e. The molecule has 222 valence electrons. The number of imidazole rings is 1. The molecule has 41 heavy (non-hydrogen) atoms. The minimum Gasteiger partial charge on any atom is -0.378 e. The Labute approximate surface area is 241 Å². The van der Waals surface area contributed by atoms with Gasteiger partial charge < -0.3 is 19.3 Å². The van der Waals surface area contributed by atoms with Crippen molar-refractivity contribution >= 4 is 16.9 Å². The number of anilines is 1. The second kappa shape index (κ2) is 13.5. The first kappa shape index (κ1) is 28.4. The summed E-state index contributed by atoms with van der Waals surface area (Å²) < 4.78 is 41.5. The number of aromatic nitrogens is 4. The lowest BCUT2D eigenvalue weighted by molar-refractivity contribution is 0.00868. The van der Waals surface area contributed by atoms with Crippen LogP contribution in [-0.4, -0.2) is 83.1 Å². The summed E-state index contributed by atoms with van der Waals surface area (Å²) in [5, 5.41) is 0. The number of fused-ring (bicyclic) bond motifs is 1. The minimum absolute atomic E-state index is 0.289. The number of ether oxygens (including phenoxy) is 2. The molecule has 0 spiro atoms. The van der Waals surface area contributed by atoms with Crippen molar-refractivity contribution in [1.82, 2.24) is 24.4 Å².